The lowest BCUT2D eigenvalue weighted by Crippen LogP contribution is -2.36. The first-order valence-corrected chi connectivity index (χ1v) is 7.16. The van der Waals surface area contributed by atoms with Crippen LogP contribution in [-0.2, 0) is 10.0 Å². The van der Waals surface area contributed by atoms with Gasteiger partial charge in [0.25, 0.3) is 0 Å². The molecule has 0 amide bonds. The highest BCUT2D eigenvalue weighted by atomic mass is 32.2. The Morgan fingerprint density at radius 2 is 2.05 bits per heavy atom. The zero-order valence-electron chi connectivity index (χ0n) is 10.1. The summed E-state index contributed by atoms with van der Waals surface area (Å²) >= 11 is 0. The lowest BCUT2D eigenvalue weighted by molar-refractivity contribution is -0.387. The SMILES string of the molecule is O=[N+]([O-])c1cc(S(=O)(=O)N[C@@H]2CCNC2)c(F)cc1F. The van der Waals surface area contributed by atoms with Gasteiger partial charge in [0.1, 0.15) is 10.7 Å². The molecule has 10 heteroatoms. The third kappa shape index (κ3) is 2.92. The Balaban J connectivity index is 2.40. The van der Waals surface area contributed by atoms with E-state index in [0.29, 0.717) is 25.6 Å². The van der Waals surface area contributed by atoms with Gasteiger partial charge in [-0.25, -0.2) is 17.5 Å². The molecule has 20 heavy (non-hydrogen) atoms. The summed E-state index contributed by atoms with van der Waals surface area (Å²) in [6.07, 6.45) is 0.518. The molecular weight excluding hydrogens is 296 g/mol. The lowest BCUT2D eigenvalue weighted by Gasteiger charge is -2.12. The molecule has 110 valence electrons. The number of hydrogen-bond donors (Lipinski definition) is 2. The minimum absolute atomic E-state index is 0.194. The Kier molecular flexibility index (Phi) is 3.97. The Hall–Kier alpha value is -1.65. The third-order valence-corrected chi connectivity index (χ3v) is 4.41. The predicted octanol–water partition coefficient (Wildman–Crippen LogP) is 0.513. The topological polar surface area (TPSA) is 101 Å². The molecule has 1 aromatic rings. The monoisotopic (exact) mass is 307 g/mol. The zero-order valence-corrected chi connectivity index (χ0v) is 10.9. The second-order valence-corrected chi connectivity index (χ2v) is 5.98. The quantitative estimate of drug-likeness (QED) is 0.623. The number of nitrogens with zero attached hydrogens (tertiary/aromatic N) is 1. The molecule has 1 aromatic carbocycles. The highest BCUT2D eigenvalue weighted by Gasteiger charge is 2.29. The van der Waals surface area contributed by atoms with Gasteiger partial charge in [-0.1, -0.05) is 0 Å². The molecule has 0 spiro atoms. The number of hydrogen-bond acceptors (Lipinski definition) is 5. The summed E-state index contributed by atoms with van der Waals surface area (Å²) < 4.78 is 52.9. The first-order valence-electron chi connectivity index (χ1n) is 5.68. The van der Waals surface area contributed by atoms with Crippen LogP contribution in [0.3, 0.4) is 0 Å². The molecule has 2 N–H and O–H groups in total. The van der Waals surface area contributed by atoms with Crippen LogP contribution in [0.1, 0.15) is 6.42 Å². The second-order valence-electron chi connectivity index (χ2n) is 4.30. The molecule has 0 radical (unpaired) electrons. The number of nitro groups is 1. The third-order valence-electron chi connectivity index (χ3n) is 2.87. The van der Waals surface area contributed by atoms with E-state index in [1.165, 1.54) is 0 Å². The highest BCUT2D eigenvalue weighted by Crippen LogP contribution is 2.25. The molecule has 1 atom stereocenters. The fraction of sp³-hybridized carbons (Fsp3) is 0.400. The van der Waals surface area contributed by atoms with Gasteiger partial charge >= 0.3 is 5.69 Å². The average Bonchev–Trinajstić information content (AvgIpc) is 2.79. The number of halogens is 2. The van der Waals surface area contributed by atoms with Crippen molar-refractivity contribution in [1.29, 1.82) is 0 Å². The summed E-state index contributed by atoms with van der Waals surface area (Å²) in [7, 11) is -4.28. The van der Waals surface area contributed by atoms with Crippen LogP contribution in [0.15, 0.2) is 17.0 Å². The molecule has 1 saturated heterocycles. The minimum Gasteiger partial charge on any atom is -0.315 e. The minimum atomic E-state index is -4.28. The predicted molar refractivity (Wildman–Crippen MR) is 64.6 cm³/mol. The van der Waals surface area contributed by atoms with Crippen molar-refractivity contribution in [3.05, 3.63) is 33.9 Å². The number of nitrogens with one attached hydrogen (secondary N) is 2. The van der Waals surface area contributed by atoms with E-state index in [0.717, 1.165) is 0 Å². The van der Waals surface area contributed by atoms with Crippen LogP contribution in [-0.4, -0.2) is 32.5 Å². The molecule has 0 aromatic heterocycles. The van der Waals surface area contributed by atoms with Crippen molar-refractivity contribution in [1.82, 2.24) is 10.0 Å². The van der Waals surface area contributed by atoms with Gasteiger partial charge in [-0.15, -0.1) is 0 Å². The summed E-state index contributed by atoms with van der Waals surface area (Å²) in [5, 5.41) is 13.5. The fourth-order valence-electron chi connectivity index (χ4n) is 1.90. The molecular formula is C10H11F2N3O4S. The number of benzene rings is 1. The normalized spacial score (nSPS) is 19.2. The van der Waals surface area contributed by atoms with E-state index >= 15 is 0 Å². The van der Waals surface area contributed by atoms with E-state index < -0.39 is 43.2 Å². The molecule has 1 fully saturated rings. The highest BCUT2D eigenvalue weighted by molar-refractivity contribution is 7.89. The van der Waals surface area contributed by atoms with E-state index in [9.17, 15) is 27.3 Å². The van der Waals surface area contributed by atoms with Crippen LogP contribution >= 0.6 is 0 Å². The summed E-state index contributed by atoms with van der Waals surface area (Å²) in [4.78, 5) is 8.54. The van der Waals surface area contributed by atoms with Crippen LogP contribution < -0.4 is 10.0 Å². The van der Waals surface area contributed by atoms with Crippen molar-refractivity contribution in [2.75, 3.05) is 13.1 Å². The van der Waals surface area contributed by atoms with Crippen LogP contribution in [0.4, 0.5) is 14.5 Å². The molecule has 1 heterocycles. The van der Waals surface area contributed by atoms with E-state index in [4.69, 9.17) is 0 Å². The summed E-state index contributed by atoms with van der Waals surface area (Å²) in [6.45, 7) is 0.989. The van der Waals surface area contributed by atoms with Gasteiger partial charge in [-0.05, 0) is 13.0 Å². The maximum Gasteiger partial charge on any atom is 0.306 e. The Labute approximate surface area is 113 Å². The van der Waals surface area contributed by atoms with Crippen molar-refractivity contribution < 1.29 is 22.1 Å². The van der Waals surface area contributed by atoms with E-state index in [-0.39, 0.29) is 6.07 Å². The van der Waals surface area contributed by atoms with Crippen molar-refractivity contribution in [3.63, 3.8) is 0 Å². The molecule has 0 bridgehead atoms. The number of sulfonamides is 1. The van der Waals surface area contributed by atoms with Gasteiger partial charge in [-0.2, -0.15) is 4.39 Å². The van der Waals surface area contributed by atoms with Crippen LogP contribution in [0, 0.1) is 21.7 Å². The van der Waals surface area contributed by atoms with Gasteiger partial charge in [0.15, 0.2) is 0 Å². The van der Waals surface area contributed by atoms with E-state index in [1.807, 2.05) is 0 Å². The maximum atomic E-state index is 13.6. The van der Waals surface area contributed by atoms with E-state index in [2.05, 4.69) is 10.0 Å². The van der Waals surface area contributed by atoms with Crippen LogP contribution in [0.25, 0.3) is 0 Å². The van der Waals surface area contributed by atoms with Gasteiger partial charge in [-0.3, -0.25) is 10.1 Å². The molecule has 0 saturated carbocycles. The fourth-order valence-corrected chi connectivity index (χ4v) is 3.25. The van der Waals surface area contributed by atoms with Gasteiger partial charge in [0, 0.05) is 24.7 Å². The summed E-state index contributed by atoms with van der Waals surface area (Å²) in [6, 6.07) is 0.151. The van der Waals surface area contributed by atoms with Crippen molar-refractivity contribution in [2.45, 2.75) is 17.4 Å². The Morgan fingerprint density at radius 3 is 2.60 bits per heavy atom. The van der Waals surface area contributed by atoms with E-state index in [1.54, 1.807) is 0 Å². The van der Waals surface area contributed by atoms with Crippen molar-refractivity contribution in [2.24, 2.45) is 0 Å². The van der Waals surface area contributed by atoms with Crippen LogP contribution in [0.2, 0.25) is 0 Å². The van der Waals surface area contributed by atoms with Crippen molar-refractivity contribution in [3.8, 4) is 0 Å². The molecule has 2 rings (SSSR count). The van der Waals surface area contributed by atoms with Gasteiger partial charge in [0.05, 0.1) is 4.92 Å². The van der Waals surface area contributed by atoms with Crippen molar-refractivity contribution >= 4 is 15.7 Å². The Morgan fingerprint density at radius 1 is 1.35 bits per heavy atom. The summed E-state index contributed by atoms with van der Waals surface area (Å²) in [5.41, 5.74) is -1.09. The lowest BCUT2D eigenvalue weighted by atomic mass is 10.3. The molecule has 0 unspecified atom stereocenters. The average molecular weight is 307 g/mol. The number of nitro benzene ring substituents is 1. The van der Waals surface area contributed by atoms with Gasteiger partial charge in [0.2, 0.25) is 15.8 Å². The second kappa shape index (κ2) is 5.38. The maximum absolute atomic E-state index is 13.6. The largest absolute Gasteiger partial charge is 0.315 e. The smallest absolute Gasteiger partial charge is 0.306 e. The number of rotatable bonds is 4. The van der Waals surface area contributed by atoms with Crippen LogP contribution in [0.5, 0.6) is 0 Å². The molecule has 1 aliphatic heterocycles. The molecule has 1 aliphatic rings. The first-order chi connectivity index (χ1) is 9.31. The van der Waals surface area contributed by atoms with Gasteiger partial charge < -0.3 is 5.32 Å². The summed E-state index contributed by atoms with van der Waals surface area (Å²) in [5.74, 6) is -2.79. The first kappa shape index (κ1) is 14.8. The molecule has 7 nitrogen and oxygen atoms in total. The standard InChI is InChI=1S/C10H11F2N3O4S/c11-7-3-8(12)10(4-9(7)15(16)17)20(18,19)14-6-1-2-13-5-6/h3-4,6,13-14H,1-2,5H2/t6-/m1/s1. The zero-order chi connectivity index (χ0) is 14.9. The Bertz CT molecular complexity index is 644. The molecule has 0 aliphatic carbocycles.